The van der Waals surface area contributed by atoms with E-state index >= 15 is 8.78 Å². The number of benzene rings is 4. The highest BCUT2D eigenvalue weighted by atomic mass is 35.5. The number of anilines is 2. The van der Waals surface area contributed by atoms with Gasteiger partial charge in [0, 0.05) is 90.9 Å². The molecule has 1 aromatic heterocycles. The predicted octanol–water partition coefficient (Wildman–Crippen LogP) is 8.05. The number of hydrogen-bond donors (Lipinski definition) is 5. The first-order chi connectivity index (χ1) is 32.3. The van der Waals surface area contributed by atoms with Crippen molar-refractivity contribution in [3.63, 3.8) is 0 Å². The molecule has 352 valence electrons. The number of aryl methyl sites for hydroxylation is 1. The lowest BCUT2D eigenvalue weighted by Gasteiger charge is -2.37. The second-order valence-corrected chi connectivity index (χ2v) is 18.8. The molecular weight excluding hydrogens is 882 g/mol. The number of rotatable bonds is 13. The third kappa shape index (κ3) is 8.77. The van der Waals surface area contributed by atoms with Gasteiger partial charge in [0.15, 0.2) is 23.0 Å². The summed E-state index contributed by atoms with van der Waals surface area (Å²) in [7, 11) is 3.14. The van der Waals surface area contributed by atoms with Crippen LogP contribution in [0, 0.1) is 23.5 Å². The number of nitrogens with two attached hydrogens (primary N) is 1. The van der Waals surface area contributed by atoms with Gasteiger partial charge >= 0.3 is 6.03 Å². The first-order valence-corrected chi connectivity index (χ1v) is 23.4. The number of nitrogens with zero attached hydrogens (tertiary/aromatic N) is 3. The summed E-state index contributed by atoms with van der Waals surface area (Å²) >= 11 is 6.68. The molecule has 6 N–H and O–H groups in total. The maximum atomic E-state index is 16.2. The smallest absolute Gasteiger partial charge is 0.329 e. The van der Waals surface area contributed by atoms with E-state index in [0.717, 1.165) is 80.1 Å². The van der Waals surface area contributed by atoms with Gasteiger partial charge in [-0.05, 0) is 93.2 Å². The largest absolute Gasteiger partial charge is 0.494 e. The molecule has 0 spiro atoms. The Morgan fingerprint density at radius 2 is 1.70 bits per heavy atom. The number of aromatic nitrogens is 2. The average molecular weight is 937 g/mol. The Morgan fingerprint density at radius 3 is 2.40 bits per heavy atom. The van der Waals surface area contributed by atoms with E-state index in [-0.39, 0.29) is 76.0 Å². The van der Waals surface area contributed by atoms with E-state index in [1.807, 2.05) is 62.5 Å². The molecule has 0 bridgehead atoms. The third-order valence-corrected chi connectivity index (χ3v) is 14.8. The fourth-order valence-electron chi connectivity index (χ4n) is 10.6. The highest BCUT2D eigenvalue weighted by molar-refractivity contribution is 6.34. The molecule has 2 aliphatic carbocycles. The maximum absolute atomic E-state index is 16.2. The van der Waals surface area contributed by atoms with Crippen LogP contribution < -0.4 is 41.4 Å². The van der Waals surface area contributed by atoms with E-state index < -0.39 is 35.1 Å². The lowest BCUT2D eigenvalue weighted by molar-refractivity contribution is -0.127. The molecule has 0 unspecified atom stereocenters. The average Bonchev–Trinajstić information content (AvgIpc) is 3.80. The van der Waals surface area contributed by atoms with Crippen molar-refractivity contribution in [3.8, 4) is 22.6 Å². The summed E-state index contributed by atoms with van der Waals surface area (Å²) in [6, 6.07) is 19.2. The Balaban J connectivity index is 0.796. The summed E-state index contributed by atoms with van der Waals surface area (Å²) in [5.74, 6) is -2.40. The molecule has 14 nitrogen and oxygen atoms in total. The molecule has 2 atom stereocenters. The monoisotopic (exact) mass is 936 g/mol. The first-order valence-electron chi connectivity index (χ1n) is 23.0. The molecule has 5 aromatic rings. The van der Waals surface area contributed by atoms with Crippen molar-refractivity contribution in [1.82, 2.24) is 25.7 Å². The molecule has 17 heteroatoms. The molecule has 2 saturated carbocycles. The number of carbonyl (C=O) groups excluding carboxylic acids is 4. The van der Waals surface area contributed by atoms with Crippen molar-refractivity contribution in [1.29, 1.82) is 0 Å². The van der Waals surface area contributed by atoms with Crippen LogP contribution in [0.4, 0.5) is 25.1 Å². The zero-order valence-corrected chi connectivity index (χ0v) is 38.5. The van der Waals surface area contributed by atoms with E-state index in [2.05, 4.69) is 26.4 Å². The van der Waals surface area contributed by atoms with Crippen LogP contribution in [-0.4, -0.2) is 72.4 Å². The van der Waals surface area contributed by atoms with Crippen molar-refractivity contribution in [2.45, 2.75) is 88.3 Å². The van der Waals surface area contributed by atoms with Crippen molar-refractivity contribution in [3.05, 3.63) is 100 Å². The summed E-state index contributed by atoms with van der Waals surface area (Å²) in [4.78, 5) is 51.9. The molecule has 3 fully saturated rings. The number of ether oxygens (including phenoxy) is 2. The minimum Gasteiger partial charge on any atom is -0.494 e. The molecule has 67 heavy (non-hydrogen) atoms. The fraction of sp³-hybridized carbons (Fsp3) is 0.420. The summed E-state index contributed by atoms with van der Waals surface area (Å²) in [5, 5.41) is 18.1. The zero-order chi connectivity index (χ0) is 47.1. The molecule has 3 heterocycles. The van der Waals surface area contributed by atoms with Crippen LogP contribution in [-0.2, 0) is 22.2 Å². The topological polar surface area (TPSA) is 182 Å². The Labute approximate surface area is 392 Å². The summed E-state index contributed by atoms with van der Waals surface area (Å²) in [5.41, 5.74) is 7.34. The summed E-state index contributed by atoms with van der Waals surface area (Å²) in [6.45, 7) is 3.33. The number of imide groups is 1. The van der Waals surface area contributed by atoms with Crippen molar-refractivity contribution in [2.24, 2.45) is 24.6 Å². The second kappa shape index (κ2) is 18.8. The van der Waals surface area contributed by atoms with Crippen LogP contribution in [0.2, 0.25) is 5.02 Å². The number of carbonyl (C=O) groups is 4. The number of hydrogen-bond acceptors (Lipinski definition) is 9. The van der Waals surface area contributed by atoms with Gasteiger partial charge in [0.2, 0.25) is 17.7 Å². The fourth-order valence-corrected chi connectivity index (χ4v) is 10.9. The van der Waals surface area contributed by atoms with Crippen molar-refractivity contribution in [2.75, 3.05) is 37.0 Å². The predicted molar refractivity (Wildman–Crippen MR) is 251 cm³/mol. The second-order valence-electron chi connectivity index (χ2n) is 18.4. The van der Waals surface area contributed by atoms with Gasteiger partial charge in [0.05, 0.1) is 23.2 Å². The van der Waals surface area contributed by atoms with E-state index in [4.69, 9.17) is 26.8 Å². The normalized spacial score (nSPS) is 23.9. The quantitative estimate of drug-likeness (QED) is 0.0781. The van der Waals surface area contributed by atoms with E-state index in [9.17, 15) is 19.2 Å². The molecule has 1 saturated heterocycles. The lowest BCUT2D eigenvalue weighted by Crippen LogP contribution is -2.49. The Kier molecular flexibility index (Phi) is 12.9. The molecule has 2 aliphatic heterocycles. The molecule has 4 aliphatic rings. The van der Waals surface area contributed by atoms with Gasteiger partial charge in [-0.2, -0.15) is 5.10 Å². The maximum Gasteiger partial charge on any atom is 0.329 e. The number of urea groups is 1. The number of primary amides is 1. The van der Waals surface area contributed by atoms with E-state index in [1.165, 1.54) is 30.2 Å². The minimum atomic E-state index is -1.07. The SMILES string of the molecule is COc1ccc(C(N)=O)c(-c2c(Cl)c(F)cc3c2[C@H](C)[C@@](CNC2CCC(C(=O)NC4CCC(CNc5ccc6c(N7CCC(=O)NC7=O)nn(C)c6c5)CC4)CC2)(c2ccccc2)O3)c1F. The highest BCUT2D eigenvalue weighted by Gasteiger charge is 2.50. The van der Waals surface area contributed by atoms with Gasteiger partial charge in [0.25, 0.3) is 0 Å². The third-order valence-electron chi connectivity index (χ3n) is 14.4. The van der Waals surface area contributed by atoms with Gasteiger partial charge in [0.1, 0.15) is 11.6 Å². The number of amides is 5. The standard InChI is InChI=1S/C50H55ClF2N8O6/c1-27-41-39(24-36(52)44(51)43(41)42-35(46(54)63)19-20-38(66-3)45(42)53)67-50(27,30-7-5-4-6-8-30)26-56-31-15-11-29(12-16-31)48(64)57-32-13-9-28(10-14-32)25-55-33-17-18-34-37(23-33)60(2)59-47(34)61-22-21-40(62)58-49(61)65/h4-8,17-20,23-24,27-29,31-32,55-56H,9-16,21-22,25-26H2,1-3H3,(H2,54,63)(H,57,64)(H,58,62,65)/t27-,28?,29?,31?,32?,50-/m0/s1. The van der Waals surface area contributed by atoms with Crippen LogP contribution in [0.5, 0.6) is 11.5 Å². The number of nitrogens with one attached hydrogen (secondary N) is 4. The Morgan fingerprint density at radius 1 is 0.970 bits per heavy atom. The van der Waals surface area contributed by atoms with E-state index in [0.29, 0.717) is 23.8 Å². The molecule has 0 radical (unpaired) electrons. The van der Waals surface area contributed by atoms with Crippen LogP contribution in [0.3, 0.4) is 0 Å². The van der Waals surface area contributed by atoms with Crippen LogP contribution >= 0.6 is 11.6 Å². The Hall–Kier alpha value is -6.26. The van der Waals surface area contributed by atoms with Gasteiger partial charge in [-0.25, -0.2) is 13.6 Å². The van der Waals surface area contributed by atoms with Crippen LogP contribution in [0.15, 0.2) is 66.7 Å². The molecule has 5 amide bonds. The zero-order valence-electron chi connectivity index (χ0n) is 37.7. The van der Waals surface area contributed by atoms with Crippen LogP contribution in [0.1, 0.15) is 92.1 Å². The lowest BCUT2D eigenvalue weighted by atomic mass is 9.77. The van der Waals surface area contributed by atoms with Gasteiger partial charge < -0.3 is 31.2 Å². The molecule has 9 rings (SSSR count). The number of methoxy groups -OCH3 is 1. The Bertz CT molecular complexity index is 2740. The van der Waals surface area contributed by atoms with Gasteiger partial charge in [-0.15, -0.1) is 0 Å². The van der Waals surface area contributed by atoms with Gasteiger partial charge in [-0.3, -0.25) is 29.3 Å². The van der Waals surface area contributed by atoms with E-state index in [1.54, 1.807) is 4.68 Å². The van der Waals surface area contributed by atoms with Crippen molar-refractivity contribution < 1.29 is 37.4 Å². The van der Waals surface area contributed by atoms with Crippen LogP contribution in [0.25, 0.3) is 22.0 Å². The summed E-state index contributed by atoms with van der Waals surface area (Å²) in [6.07, 6.45) is 7.01. The minimum absolute atomic E-state index is 0.00817. The molecular formula is C50H55ClF2N8O6. The summed E-state index contributed by atoms with van der Waals surface area (Å²) < 4.78 is 45.7. The molecule has 4 aromatic carbocycles. The highest BCUT2D eigenvalue weighted by Crippen LogP contribution is 2.56. The van der Waals surface area contributed by atoms with Gasteiger partial charge in [-0.1, -0.05) is 48.9 Å². The van der Waals surface area contributed by atoms with Crippen molar-refractivity contribution >= 4 is 57.8 Å². The number of fused-ring (bicyclic) bond motifs is 2. The number of halogens is 3. The first kappa shape index (κ1) is 45.9.